The number of nitrogens with one attached hydrogen (secondary N) is 1. The summed E-state index contributed by atoms with van der Waals surface area (Å²) in [6.07, 6.45) is 46.3. The molecule has 0 aromatic rings. The highest BCUT2D eigenvalue weighted by molar-refractivity contribution is 5.77. The van der Waals surface area contributed by atoms with E-state index in [9.17, 15) is 19.8 Å². The number of aliphatic hydroxyl groups excluding tert-OH is 2. The van der Waals surface area contributed by atoms with Crippen LogP contribution in [0.15, 0.2) is 36.5 Å². The number of amides is 1. The summed E-state index contributed by atoms with van der Waals surface area (Å²) < 4.78 is 5.88. The van der Waals surface area contributed by atoms with Gasteiger partial charge in [0, 0.05) is 6.42 Å². The standard InChI is InChI=1S/C47H87NO5/c1-4-7-10-13-16-19-22-25-26-29-32-35-38-43(53-47(52)40-37-34-31-28-24-21-18-15-12-9-6-3)41-46(51)48-44(42-49)45(50)39-36-33-30-27-23-20-17-14-11-8-5-2/h7,10,16,19,25-26,43-45,49-50H,4-6,8-9,11-15,17-18,20-24,27-42H2,1-3H3,(H,48,51)/b10-7+,19-16+,26-25+. The normalized spacial score (nSPS) is 13.7. The number of rotatable bonds is 40. The molecule has 0 aliphatic heterocycles. The summed E-state index contributed by atoms with van der Waals surface area (Å²) in [5.41, 5.74) is 0. The van der Waals surface area contributed by atoms with E-state index in [1.165, 1.54) is 103 Å². The largest absolute Gasteiger partial charge is 0.462 e. The molecule has 0 rings (SSSR count). The molecule has 0 aromatic heterocycles. The van der Waals surface area contributed by atoms with Crippen LogP contribution in [0.25, 0.3) is 0 Å². The van der Waals surface area contributed by atoms with E-state index in [-0.39, 0.29) is 24.9 Å². The molecule has 0 saturated heterocycles. The van der Waals surface area contributed by atoms with E-state index in [1.807, 2.05) is 0 Å². The monoisotopic (exact) mass is 746 g/mol. The summed E-state index contributed by atoms with van der Waals surface area (Å²) in [4.78, 5) is 25.9. The zero-order valence-corrected chi connectivity index (χ0v) is 35.1. The number of unbranched alkanes of at least 4 members (excludes halogenated alkanes) is 22. The van der Waals surface area contributed by atoms with Gasteiger partial charge in [0.1, 0.15) is 6.10 Å². The lowest BCUT2D eigenvalue weighted by molar-refractivity contribution is -0.151. The van der Waals surface area contributed by atoms with Crippen molar-refractivity contribution < 1.29 is 24.5 Å². The lowest BCUT2D eigenvalue weighted by Gasteiger charge is -2.24. The van der Waals surface area contributed by atoms with Crippen LogP contribution in [0.4, 0.5) is 0 Å². The minimum absolute atomic E-state index is 0.0543. The Morgan fingerprint density at radius 1 is 0.566 bits per heavy atom. The summed E-state index contributed by atoms with van der Waals surface area (Å²) in [5, 5.41) is 23.6. The maximum Gasteiger partial charge on any atom is 0.306 e. The van der Waals surface area contributed by atoms with E-state index >= 15 is 0 Å². The van der Waals surface area contributed by atoms with Crippen LogP contribution in [-0.4, -0.2) is 46.9 Å². The summed E-state index contributed by atoms with van der Waals surface area (Å²) in [6, 6.07) is -0.708. The van der Waals surface area contributed by atoms with E-state index in [2.05, 4.69) is 62.5 Å². The van der Waals surface area contributed by atoms with Gasteiger partial charge in [-0.05, 0) is 57.8 Å². The molecule has 310 valence electrons. The summed E-state index contributed by atoms with van der Waals surface area (Å²) in [6.45, 7) is 6.33. The molecule has 1 amide bonds. The number of aliphatic hydroxyl groups is 2. The van der Waals surface area contributed by atoms with Crippen molar-refractivity contribution in [3.63, 3.8) is 0 Å². The highest BCUT2D eigenvalue weighted by Crippen LogP contribution is 2.17. The first-order chi connectivity index (χ1) is 26.0. The van der Waals surface area contributed by atoms with Crippen molar-refractivity contribution >= 4 is 11.9 Å². The smallest absolute Gasteiger partial charge is 0.306 e. The Morgan fingerprint density at radius 2 is 1.02 bits per heavy atom. The van der Waals surface area contributed by atoms with E-state index in [1.54, 1.807) is 0 Å². The summed E-state index contributed by atoms with van der Waals surface area (Å²) in [5.74, 6) is -0.510. The van der Waals surface area contributed by atoms with E-state index < -0.39 is 18.2 Å². The molecule has 0 spiro atoms. The summed E-state index contributed by atoms with van der Waals surface area (Å²) >= 11 is 0. The number of carbonyl (C=O) groups excluding carboxylic acids is 2. The van der Waals surface area contributed by atoms with Gasteiger partial charge in [-0.1, -0.05) is 192 Å². The van der Waals surface area contributed by atoms with Crippen molar-refractivity contribution in [2.45, 2.75) is 244 Å². The zero-order valence-electron chi connectivity index (χ0n) is 35.1. The number of ether oxygens (including phenoxy) is 1. The molecular weight excluding hydrogens is 659 g/mol. The Hall–Kier alpha value is -1.92. The molecule has 0 saturated carbocycles. The van der Waals surface area contributed by atoms with Crippen LogP contribution >= 0.6 is 0 Å². The van der Waals surface area contributed by atoms with Gasteiger partial charge >= 0.3 is 5.97 Å². The van der Waals surface area contributed by atoms with Crippen LogP contribution < -0.4 is 5.32 Å². The topological polar surface area (TPSA) is 95.9 Å². The quantitative estimate of drug-likeness (QED) is 0.0330. The number of allylic oxidation sites excluding steroid dienone is 6. The van der Waals surface area contributed by atoms with Crippen molar-refractivity contribution in [3.8, 4) is 0 Å². The third-order valence-corrected chi connectivity index (χ3v) is 10.2. The highest BCUT2D eigenvalue weighted by Gasteiger charge is 2.24. The second-order valence-electron chi connectivity index (χ2n) is 15.4. The molecule has 0 radical (unpaired) electrons. The Balaban J connectivity index is 4.64. The van der Waals surface area contributed by atoms with Crippen LogP contribution in [0.1, 0.15) is 226 Å². The van der Waals surface area contributed by atoms with Gasteiger partial charge in [0.2, 0.25) is 5.91 Å². The van der Waals surface area contributed by atoms with Crippen molar-refractivity contribution in [1.29, 1.82) is 0 Å². The molecule has 6 nitrogen and oxygen atoms in total. The van der Waals surface area contributed by atoms with Gasteiger partial charge in [0.05, 0.1) is 25.2 Å². The van der Waals surface area contributed by atoms with Gasteiger partial charge in [0.15, 0.2) is 0 Å². The fourth-order valence-electron chi connectivity index (χ4n) is 6.80. The molecule has 0 fully saturated rings. The maximum atomic E-state index is 13.1. The Labute approximate surface area is 328 Å². The highest BCUT2D eigenvalue weighted by atomic mass is 16.5. The third-order valence-electron chi connectivity index (χ3n) is 10.2. The first kappa shape index (κ1) is 51.1. The first-order valence-corrected chi connectivity index (χ1v) is 22.7. The van der Waals surface area contributed by atoms with Gasteiger partial charge < -0.3 is 20.3 Å². The van der Waals surface area contributed by atoms with Crippen molar-refractivity contribution in [2.75, 3.05) is 6.61 Å². The minimum atomic E-state index is -0.793. The minimum Gasteiger partial charge on any atom is -0.462 e. The number of hydrogen-bond acceptors (Lipinski definition) is 5. The summed E-state index contributed by atoms with van der Waals surface area (Å²) in [7, 11) is 0. The molecule has 0 heterocycles. The molecule has 53 heavy (non-hydrogen) atoms. The predicted molar refractivity (Wildman–Crippen MR) is 227 cm³/mol. The van der Waals surface area contributed by atoms with Crippen molar-refractivity contribution in [2.24, 2.45) is 0 Å². The van der Waals surface area contributed by atoms with Gasteiger partial charge in [-0.25, -0.2) is 0 Å². The second kappa shape index (κ2) is 41.2. The molecule has 6 heteroatoms. The van der Waals surface area contributed by atoms with Crippen LogP contribution in [0.2, 0.25) is 0 Å². The van der Waals surface area contributed by atoms with Crippen LogP contribution in [0.3, 0.4) is 0 Å². The van der Waals surface area contributed by atoms with Gasteiger partial charge in [-0.3, -0.25) is 9.59 Å². The number of hydrogen-bond donors (Lipinski definition) is 3. The van der Waals surface area contributed by atoms with Crippen molar-refractivity contribution in [1.82, 2.24) is 5.32 Å². The Morgan fingerprint density at radius 3 is 1.53 bits per heavy atom. The molecule has 3 atom stereocenters. The molecule has 3 N–H and O–H groups in total. The van der Waals surface area contributed by atoms with Gasteiger partial charge in [0.25, 0.3) is 0 Å². The van der Waals surface area contributed by atoms with E-state index in [0.29, 0.717) is 19.3 Å². The lowest BCUT2D eigenvalue weighted by Crippen LogP contribution is -2.46. The molecular formula is C47H87NO5. The number of esters is 1. The fourth-order valence-corrected chi connectivity index (χ4v) is 6.80. The van der Waals surface area contributed by atoms with Gasteiger partial charge in [-0.15, -0.1) is 0 Å². The SMILES string of the molecule is CC/C=C/C/C=C/C/C=C/CCCCC(CC(=O)NC(CO)C(O)CCCCCCCCCCCCC)OC(=O)CCCCCCCCCCCCC. The fraction of sp³-hybridized carbons (Fsp3) is 0.830. The first-order valence-electron chi connectivity index (χ1n) is 22.7. The predicted octanol–water partition coefficient (Wildman–Crippen LogP) is 12.9. The Bertz CT molecular complexity index is 884. The van der Waals surface area contributed by atoms with Crippen LogP contribution in [0.5, 0.6) is 0 Å². The zero-order chi connectivity index (χ0) is 38.9. The molecule has 0 aliphatic carbocycles. The van der Waals surface area contributed by atoms with Crippen LogP contribution in [-0.2, 0) is 14.3 Å². The van der Waals surface area contributed by atoms with Crippen molar-refractivity contribution in [3.05, 3.63) is 36.5 Å². The second-order valence-corrected chi connectivity index (χ2v) is 15.4. The van der Waals surface area contributed by atoms with Crippen LogP contribution in [0, 0.1) is 0 Å². The third kappa shape index (κ3) is 36.8. The molecule has 0 aromatic carbocycles. The molecule has 0 aliphatic rings. The van der Waals surface area contributed by atoms with Gasteiger partial charge in [-0.2, -0.15) is 0 Å². The van der Waals surface area contributed by atoms with E-state index in [0.717, 1.165) is 77.0 Å². The lowest BCUT2D eigenvalue weighted by atomic mass is 10.0. The average molecular weight is 746 g/mol. The molecule has 3 unspecified atom stereocenters. The Kier molecular flexibility index (Phi) is 39.8. The average Bonchev–Trinajstić information content (AvgIpc) is 3.15. The maximum absolute atomic E-state index is 13.1. The number of carbonyl (C=O) groups is 2. The molecule has 0 bridgehead atoms. The van der Waals surface area contributed by atoms with E-state index in [4.69, 9.17) is 4.74 Å².